The molecule has 0 saturated heterocycles. The van der Waals surface area contributed by atoms with Crippen molar-refractivity contribution in [2.24, 2.45) is 0 Å². The van der Waals surface area contributed by atoms with Crippen LogP contribution in [0.25, 0.3) is 0 Å². The van der Waals surface area contributed by atoms with E-state index in [0.29, 0.717) is 35.4 Å². The third kappa shape index (κ3) is 4.35. The van der Waals surface area contributed by atoms with Crippen LogP contribution in [0.2, 0.25) is 10.0 Å². The van der Waals surface area contributed by atoms with Gasteiger partial charge in [0, 0.05) is 23.1 Å². The maximum Gasteiger partial charge on any atom is 0.315 e. The molecule has 2 aromatic rings. The Morgan fingerprint density at radius 1 is 1.27 bits per heavy atom. The Kier molecular flexibility index (Phi) is 6.03. The zero-order chi connectivity index (χ0) is 15.9. The number of amides is 2. The fraction of sp³-hybridized carbons (Fsp3) is 0.357. The standard InChI is InChI=1S/C14H17Cl2N5O/c1-2-21-9-19-20-13(21)8-18-14(22)17-7-6-10-11(15)4-3-5-12(10)16/h3-5,9H,2,6-8H2,1H3,(H2,17,18,22). The Bertz CT molecular complexity index is 624. The van der Waals surface area contributed by atoms with Gasteiger partial charge in [0.25, 0.3) is 0 Å². The van der Waals surface area contributed by atoms with Gasteiger partial charge in [0.1, 0.15) is 6.33 Å². The van der Waals surface area contributed by atoms with Gasteiger partial charge in [-0.2, -0.15) is 0 Å². The lowest BCUT2D eigenvalue weighted by Crippen LogP contribution is -2.36. The molecule has 0 radical (unpaired) electrons. The minimum Gasteiger partial charge on any atom is -0.338 e. The maximum atomic E-state index is 11.8. The zero-order valence-electron chi connectivity index (χ0n) is 12.1. The highest BCUT2D eigenvalue weighted by molar-refractivity contribution is 6.35. The highest BCUT2D eigenvalue weighted by Gasteiger charge is 2.07. The van der Waals surface area contributed by atoms with Gasteiger partial charge in [-0.15, -0.1) is 10.2 Å². The van der Waals surface area contributed by atoms with E-state index < -0.39 is 0 Å². The van der Waals surface area contributed by atoms with E-state index in [1.54, 1.807) is 24.5 Å². The number of carbonyl (C=O) groups is 1. The molecule has 0 fully saturated rings. The predicted octanol–water partition coefficient (Wildman–Crippen LogP) is 2.65. The second kappa shape index (κ2) is 8.00. The average Bonchev–Trinajstić information content (AvgIpc) is 2.95. The average molecular weight is 342 g/mol. The van der Waals surface area contributed by atoms with E-state index >= 15 is 0 Å². The van der Waals surface area contributed by atoms with Crippen molar-refractivity contribution < 1.29 is 4.79 Å². The van der Waals surface area contributed by atoms with Crippen LogP contribution in [0, 0.1) is 0 Å². The topological polar surface area (TPSA) is 71.8 Å². The number of hydrogen-bond acceptors (Lipinski definition) is 3. The summed E-state index contributed by atoms with van der Waals surface area (Å²) in [5.74, 6) is 0.715. The fourth-order valence-electron chi connectivity index (χ4n) is 1.97. The van der Waals surface area contributed by atoms with Gasteiger partial charge >= 0.3 is 6.03 Å². The highest BCUT2D eigenvalue weighted by atomic mass is 35.5. The SMILES string of the molecule is CCn1cnnc1CNC(=O)NCCc1c(Cl)cccc1Cl. The number of nitrogens with zero attached hydrogens (tertiary/aromatic N) is 3. The van der Waals surface area contributed by atoms with Gasteiger partial charge in [-0.1, -0.05) is 29.3 Å². The van der Waals surface area contributed by atoms with Crippen molar-refractivity contribution in [3.63, 3.8) is 0 Å². The van der Waals surface area contributed by atoms with Crippen LogP contribution in [0.1, 0.15) is 18.3 Å². The molecule has 0 aliphatic heterocycles. The molecule has 1 aromatic heterocycles. The van der Waals surface area contributed by atoms with Crippen LogP contribution in [0.4, 0.5) is 4.79 Å². The van der Waals surface area contributed by atoms with Crippen LogP contribution in [0.15, 0.2) is 24.5 Å². The molecule has 0 aliphatic rings. The lowest BCUT2D eigenvalue weighted by molar-refractivity contribution is 0.240. The quantitative estimate of drug-likeness (QED) is 0.848. The summed E-state index contributed by atoms with van der Waals surface area (Å²) in [6.45, 7) is 3.51. The van der Waals surface area contributed by atoms with E-state index in [4.69, 9.17) is 23.2 Å². The van der Waals surface area contributed by atoms with E-state index in [1.807, 2.05) is 11.5 Å². The molecular weight excluding hydrogens is 325 g/mol. The molecule has 0 atom stereocenters. The highest BCUT2D eigenvalue weighted by Crippen LogP contribution is 2.24. The number of aryl methyl sites for hydroxylation is 1. The molecule has 0 unspecified atom stereocenters. The lowest BCUT2D eigenvalue weighted by atomic mass is 10.1. The normalized spacial score (nSPS) is 10.5. The van der Waals surface area contributed by atoms with Crippen LogP contribution >= 0.6 is 23.2 Å². The molecule has 6 nitrogen and oxygen atoms in total. The number of carbonyl (C=O) groups excluding carboxylic acids is 1. The Morgan fingerprint density at radius 3 is 2.68 bits per heavy atom. The molecule has 0 bridgehead atoms. The van der Waals surface area contributed by atoms with Crippen LogP contribution in [-0.4, -0.2) is 27.3 Å². The van der Waals surface area contributed by atoms with Crippen molar-refractivity contribution >= 4 is 29.2 Å². The number of aromatic nitrogens is 3. The monoisotopic (exact) mass is 341 g/mol. The van der Waals surface area contributed by atoms with E-state index in [1.165, 1.54) is 0 Å². The minimum absolute atomic E-state index is 0.270. The summed E-state index contributed by atoms with van der Waals surface area (Å²) in [5.41, 5.74) is 0.830. The van der Waals surface area contributed by atoms with Crippen molar-refractivity contribution in [1.29, 1.82) is 0 Å². The van der Waals surface area contributed by atoms with Gasteiger partial charge in [0.05, 0.1) is 6.54 Å². The molecule has 1 aromatic carbocycles. The number of halogens is 2. The summed E-state index contributed by atoms with van der Waals surface area (Å²) in [6, 6.07) is 5.08. The van der Waals surface area contributed by atoms with Gasteiger partial charge < -0.3 is 15.2 Å². The molecule has 0 spiro atoms. The number of nitrogens with one attached hydrogen (secondary N) is 2. The largest absolute Gasteiger partial charge is 0.338 e. The number of benzene rings is 1. The Hall–Kier alpha value is -1.79. The maximum absolute atomic E-state index is 11.8. The Labute approximate surface area is 138 Å². The van der Waals surface area contributed by atoms with Crippen molar-refractivity contribution in [3.8, 4) is 0 Å². The van der Waals surface area contributed by atoms with Gasteiger partial charge in [-0.3, -0.25) is 0 Å². The number of rotatable bonds is 6. The molecule has 118 valence electrons. The molecule has 0 saturated carbocycles. The Balaban J connectivity index is 1.76. The summed E-state index contributed by atoms with van der Waals surface area (Å²) in [5, 5.41) is 14.5. The third-order valence-electron chi connectivity index (χ3n) is 3.17. The summed E-state index contributed by atoms with van der Waals surface area (Å²) in [7, 11) is 0. The molecule has 0 aliphatic carbocycles. The molecule has 2 amide bonds. The van der Waals surface area contributed by atoms with Crippen molar-refractivity contribution in [2.75, 3.05) is 6.54 Å². The number of urea groups is 1. The summed E-state index contributed by atoms with van der Waals surface area (Å²) >= 11 is 12.2. The van der Waals surface area contributed by atoms with Gasteiger partial charge in [-0.25, -0.2) is 4.79 Å². The van der Waals surface area contributed by atoms with Crippen LogP contribution in [-0.2, 0) is 19.5 Å². The molecule has 22 heavy (non-hydrogen) atoms. The zero-order valence-corrected chi connectivity index (χ0v) is 13.7. The van der Waals surface area contributed by atoms with Crippen LogP contribution in [0.5, 0.6) is 0 Å². The van der Waals surface area contributed by atoms with Crippen molar-refractivity contribution in [3.05, 3.63) is 46.0 Å². The van der Waals surface area contributed by atoms with E-state index in [-0.39, 0.29) is 6.03 Å². The smallest absolute Gasteiger partial charge is 0.315 e. The molecule has 2 rings (SSSR count). The van der Waals surface area contributed by atoms with Crippen molar-refractivity contribution in [2.45, 2.75) is 26.4 Å². The summed E-state index contributed by atoms with van der Waals surface area (Å²) < 4.78 is 1.86. The lowest BCUT2D eigenvalue weighted by Gasteiger charge is -2.09. The van der Waals surface area contributed by atoms with Crippen LogP contribution < -0.4 is 10.6 Å². The summed E-state index contributed by atoms with van der Waals surface area (Å²) in [6.07, 6.45) is 2.20. The van der Waals surface area contributed by atoms with Crippen LogP contribution in [0.3, 0.4) is 0 Å². The van der Waals surface area contributed by atoms with E-state index in [9.17, 15) is 4.79 Å². The first-order valence-electron chi connectivity index (χ1n) is 6.93. The molecule has 2 N–H and O–H groups in total. The molecule has 1 heterocycles. The predicted molar refractivity (Wildman–Crippen MR) is 86.1 cm³/mol. The second-order valence-corrected chi connectivity index (χ2v) is 5.41. The first kappa shape index (κ1) is 16.6. The molecule has 8 heteroatoms. The summed E-state index contributed by atoms with van der Waals surface area (Å²) in [4.78, 5) is 11.8. The van der Waals surface area contributed by atoms with E-state index in [0.717, 1.165) is 12.1 Å². The number of hydrogen-bond donors (Lipinski definition) is 2. The Morgan fingerprint density at radius 2 is 2.00 bits per heavy atom. The second-order valence-electron chi connectivity index (χ2n) is 4.59. The third-order valence-corrected chi connectivity index (χ3v) is 3.87. The van der Waals surface area contributed by atoms with Gasteiger partial charge in [0.15, 0.2) is 5.82 Å². The first-order chi connectivity index (χ1) is 10.6. The van der Waals surface area contributed by atoms with E-state index in [2.05, 4.69) is 20.8 Å². The first-order valence-corrected chi connectivity index (χ1v) is 7.68. The van der Waals surface area contributed by atoms with Gasteiger partial charge in [0.2, 0.25) is 0 Å². The van der Waals surface area contributed by atoms with Gasteiger partial charge in [-0.05, 0) is 31.0 Å². The minimum atomic E-state index is -0.270. The fourth-order valence-corrected chi connectivity index (χ4v) is 2.56. The molecular formula is C14H17Cl2N5O. The van der Waals surface area contributed by atoms with Crippen molar-refractivity contribution in [1.82, 2.24) is 25.4 Å².